The Labute approximate surface area is 141 Å². The fraction of sp³-hybridized carbons (Fsp3) is 0.571. The average molecular weight is 359 g/mol. The number of carbonyl (C=O) groups is 2. The highest BCUT2D eigenvalue weighted by Gasteiger charge is 2.26. The Kier molecular flexibility index (Phi) is 6.52. The van der Waals surface area contributed by atoms with Crippen molar-refractivity contribution in [1.82, 2.24) is 15.0 Å². The summed E-state index contributed by atoms with van der Waals surface area (Å²) in [6, 6.07) is 1.10. The number of nitrogens with two attached hydrogens (primary N) is 2. The molecule has 0 spiro atoms. The molecule has 0 aliphatic carbocycles. The van der Waals surface area contributed by atoms with Gasteiger partial charge in [0.15, 0.2) is 0 Å². The van der Waals surface area contributed by atoms with Crippen molar-refractivity contribution in [2.45, 2.75) is 37.6 Å². The molecule has 0 saturated carbocycles. The van der Waals surface area contributed by atoms with Gasteiger partial charge in [-0.1, -0.05) is 13.8 Å². The summed E-state index contributed by atoms with van der Waals surface area (Å²) >= 11 is 0. The number of aromatic nitrogens is 1. The van der Waals surface area contributed by atoms with Gasteiger partial charge in [0, 0.05) is 18.3 Å². The van der Waals surface area contributed by atoms with Gasteiger partial charge in [0.1, 0.15) is 10.6 Å². The molecule has 2 amide bonds. The lowest BCUT2D eigenvalue weighted by molar-refractivity contribution is -0.121. The number of carbonyl (C=O) groups excluding carboxylic acids is 2. The second-order valence-corrected chi connectivity index (χ2v) is 8.12. The van der Waals surface area contributed by atoms with Crippen LogP contribution in [-0.4, -0.2) is 43.8 Å². The van der Waals surface area contributed by atoms with E-state index in [4.69, 9.17) is 11.5 Å². The molecule has 1 atom stereocenters. The van der Waals surface area contributed by atoms with E-state index in [2.05, 4.69) is 15.0 Å². The molecule has 1 aromatic heterocycles. The fourth-order valence-corrected chi connectivity index (χ4v) is 3.36. The molecule has 7 N–H and O–H groups in total. The maximum Gasteiger partial charge on any atom is 0.265 e. The van der Waals surface area contributed by atoms with E-state index >= 15 is 0 Å². The van der Waals surface area contributed by atoms with Crippen molar-refractivity contribution < 1.29 is 18.0 Å². The molecule has 0 radical (unpaired) electrons. The number of nitrogens with one attached hydrogen (secondary N) is 3. The average Bonchev–Trinajstić information content (AvgIpc) is 2.95. The van der Waals surface area contributed by atoms with Crippen molar-refractivity contribution in [2.24, 2.45) is 17.4 Å². The number of primary amides is 1. The third-order valence-electron chi connectivity index (χ3n) is 3.41. The largest absolute Gasteiger partial charge is 0.364 e. The topological polar surface area (TPSA) is 160 Å². The summed E-state index contributed by atoms with van der Waals surface area (Å²) in [5, 5.41) is 2.75. The zero-order chi connectivity index (χ0) is 18.5. The van der Waals surface area contributed by atoms with Gasteiger partial charge in [-0.3, -0.25) is 9.59 Å². The summed E-state index contributed by atoms with van der Waals surface area (Å²) in [6.45, 7) is 5.62. The monoisotopic (exact) mass is 359 g/mol. The molecule has 0 aliphatic rings. The smallest absolute Gasteiger partial charge is 0.265 e. The van der Waals surface area contributed by atoms with E-state index in [9.17, 15) is 18.0 Å². The van der Waals surface area contributed by atoms with E-state index in [1.54, 1.807) is 0 Å². The van der Waals surface area contributed by atoms with E-state index in [1.807, 2.05) is 20.8 Å². The molecular weight excluding hydrogens is 334 g/mol. The first-order chi connectivity index (χ1) is 11.0. The number of hydrogen-bond donors (Lipinski definition) is 5. The molecule has 1 rings (SSSR count). The predicted octanol–water partition coefficient (Wildman–Crippen LogP) is -0.728. The molecule has 0 bridgehead atoms. The van der Waals surface area contributed by atoms with Crippen LogP contribution in [0.1, 0.15) is 37.7 Å². The third-order valence-corrected chi connectivity index (χ3v) is 4.79. The molecule has 0 saturated heterocycles. The van der Waals surface area contributed by atoms with Crippen LogP contribution in [0.25, 0.3) is 0 Å². The van der Waals surface area contributed by atoms with E-state index in [0.717, 1.165) is 12.3 Å². The van der Waals surface area contributed by atoms with Crippen molar-refractivity contribution in [3.63, 3.8) is 0 Å². The van der Waals surface area contributed by atoms with Crippen molar-refractivity contribution in [3.8, 4) is 0 Å². The molecule has 0 aliphatic heterocycles. The summed E-state index contributed by atoms with van der Waals surface area (Å²) < 4.78 is 26.4. The molecule has 0 fully saturated rings. The SMILES string of the molecule is CC(C)CC(C)(CN)NC(=O)CNS(=O)(=O)c1c[nH]c(C(N)=O)c1. The van der Waals surface area contributed by atoms with Gasteiger partial charge in [-0.15, -0.1) is 0 Å². The molecular formula is C14H25N5O4S. The van der Waals surface area contributed by atoms with E-state index in [-0.39, 0.29) is 17.1 Å². The molecule has 1 aromatic rings. The van der Waals surface area contributed by atoms with Crippen LogP contribution in [0.3, 0.4) is 0 Å². The number of hydrogen-bond acceptors (Lipinski definition) is 5. The molecule has 1 heterocycles. The van der Waals surface area contributed by atoms with Crippen molar-refractivity contribution in [1.29, 1.82) is 0 Å². The fourth-order valence-electron chi connectivity index (χ4n) is 2.38. The molecule has 136 valence electrons. The maximum atomic E-state index is 12.1. The van der Waals surface area contributed by atoms with Gasteiger partial charge in [-0.2, -0.15) is 0 Å². The molecule has 10 heteroatoms. The standard InChI is InChI=1S/C14H25N5O4S/c1-9(2)5-14(3,8-15)19-12(20)7-18-24(22,23)10-4-11(13(16)21)17-6-10/h4,6,9,17-18H,5,7-8,15H2,1-3H3,(H2,16,21)(H,19,20). The highest BCUT2D eigenvalue weighted by molar-refractivity contribution is 7.89. The molecule has 24 heavy (non-hydrogen) atoms. The van der Waals surface area contributed by atoms with Crippen LogP contribution in [0.2, 0.25) is 0 Å². The Balaban J connectivity index is 2.69. The molecule has 0 aromatic carbocycles. The maximum absolute atomic E-state index is 12.1. The lowest BCUT2D eigenvalue weighted by Gasteiger charge is -2.31. The van der Waals surface area contributed by atoms with Gasteiger partial charge < -0.3 is 21.8 Å². The van der Waals surface area contributed by atoms with E-state index < -0.39 is 33.9 Å². The summed E-state index contributed by atoms with van der Waals surface area (Å²) in [4.78, 5) is 25.3. The summed E-state index contributed by atoms with van der Waals surface area (Å²) in [5.74, 6) is -0.943. The zero-order valence-corrected chi connectivity index (χ0v) is 14.9. The predicted molar refractivity (Wildman–Crippen MR) is 89.6 cm³/mol. The Morgan fingerprint density at radius 2 is 2.00 bits per heavy atom. The van der Waals surface area contributed by atoms with Gasteiger partial charge in [0.25, 0.3) is 5.91 Å². The summed E-state index contributed by atoms with van der Waals surface area (Å²) in [5.41, 5.74) is 10.1. The Hall–Kier alpha value is -1.91. The first kappa shape index (κ1) is 20.1. The first-order valence-electron chi connectivity index (χ1n) is 7.48. The summed E-state index contributed by atoms with van der Waals surface area (Å²) in [7, 11) is -3.93. The van der Waals surface area contributed by atoms with E-state index in [1.165, 1.54) is 0 Å². The van der Waals surface area contributed by atoms with Gasteiger partial charge in [0.05, 0.1) is 6.54 Å². The second kappa shape index (κ2) is 7.77. The van der Waals surface area contributed by atoms with Crippen molar-refractivity contribution in [2.75, 3.05) is 13.1 Å². The number of H-pyrrole nitrogens is 1. The Morgan fingerprint density at radius 1 is 1.38 bits per heavy atom. The minimum absolute atomic E-state index is 0.0348. The number of rotatable bonds is 9. The highest BCUT2D eigenvalue weighted by atomic mass is 32.2. The van der Waals surface area contributed by atoms with Crippen molar-refractivity contribution >= 4 is 21.8 Å². The number of amides is 2. The third kappa shape index (κ3) is 5.62. The zero-order valence-electron chi connectivity index (χ0n) is 14.0. The van der Waals surface area contributed by atoms with Crippen LogP contribution < -0.4 is 21.5 Å². The first-order valence-corrected chi connectivity index (χ1v) is 8.96. The van der Waals surface area contributed by atoms with Gasteiger partial charge in [-0.25, -0.2) is 13.1 Å². The minimum atomic E-state index is -3.93. The van der Waals surface area contributed by atoms with E-state index in [0.29, 0.717) is 12.3 Å². The second-order valence-electron chi connectivity index (χ2n) is 6.35. The van der Waals surface area contributed by atoms with Crippen molar-refractivity contribution in [3.05, 3.63) is 18.0 Å². The number of sulfonamides is 1. The quantitative estimate of drug-likeness (QED) is 0.392. The van der Waals surface area contributed by atoms with Crippen LogP contribution in [0.5, 0.6) is 0 Å². The lowest BCUT2D eigenvalue weighted by atomic mass is 9.91. The Morgan fingerprint density at radius 3 is 2.46 bits per heavy atom. The van der Waals surface area contributed by atoms with Crippen LogP contribution >= 0.6 is 0 Å². The van der Waals surface area contributed by atoms with Crippen LogP contribution in [0.4, 0.5) is 0 Å². The minimum Gasteiger partial charge on any atom is -0.364 e. The molecule has 9 nitrogen and oxygen atoms in total. The Bertz CT molecular complexity index is 698. The van der Waals surface area contributed by atoms with Crippen LogP contribution in [0.15, 0.2) is 17.2 Å². The lowest BCUT2D eigenvalue weighted by Crippen LogP contribution is -2.54. The normalized spacial score (nSPS) is 14.4. The van der Waals surface area contributed by atoms with Gasteiger partial charge in [0.2, 0.25) is 15.9 Å². The number of aromatic amines is 1. The van der Waals surface area contributed by atoms with Gasteiger partial charge >= 0.3 is 0 Å². The van der Waals surface area contributed by atoms with Gasteiger partial charge in [-0.05, 0) is 25.3 Å². The highest BCUT2D eigenvalue weighted by Crippen LogP contribution is 2.15. The molecule has 1 unspecified atom stereocenters. The van der Waals surface area contributed by atoms with Crippen LogP contribution in [-0.2, 0) is 14.8 Å². The summed E-state index contributed by atoms with van der Waals surface area (Å²) in [6.07, 6.45) is 1.80. The van der Waals surface area contributed by atoms with Crippen LogP contribution in [0, 0.1) is 5.92 Å².